The Kier molecular flexibility index (Phi) is 10.0. The van der Waals surface area contributed by atoms with E-state index in [-0.39, 0.29) is 12.5 Å². The minimum absolute atomic E-state index is 0.0491. The van der Waals surface area contributed by atoms with Crippen molar-refractivity contribution in [2.24, 2.45) is 11.7 Å². The van der Waals surface area contributed by atoms with Gasteiger partial charge in [-0.1, -0.05) is 26.7 Å². The van der Waals surface area contributed by atoms with Gasteiger partial charge in [0.2, 0.25) is 5.91 Å². The zero-order chi connectivity index (χ0) is 15.5. The molecule has 1 amide bonds. The van der Waals surface area contributed by atoms with Crippen LogP contribution in [0.4, 0.5) is 0 Å². The van der Waals surface area contributed by atoms with Crippen molar-refractivity contribution in [1.29, 1.82) is 0 Å². The molecule has 20 heavy (non-hydrogen) atoms. The van der Waals surface area contributed by atoms with Crippen molar-refractivity contribution in [3.63, 3.8) is 0 Å². The number of hydrogen-bond acceptors (Lipinski definition) is 5. The van der Waals surface area contributed by atoms with E-state index in [4.69, 9.17) is 10.5 Å². The number of ether oxygens (including phenoxy) is 2. The number of nitrogens with two attached hydrogens (primary N) is 1. The van der Waals surface area contributed by atoms with Crippen LogP contribution in [0.3, 0.4) is 0 Å². The van der Waals surface area contributed by atoms with Crippen LogP contribution in [0.15, 0.2) is 0 Å². The molecule has 0 radical (unpaired) electrons. The van der Waals surface area contributed by atoms with Gasteiger partial charge in [-0.2, -0.15) is 0 Å². The van der Waals surface area contributed by atoms with Crippen LogP contribution in [0.2, 0.25) is 0 Å². The SMILES string of the molecule is CCC(CC)CN(CC(=O)OC)C(=O)C(N)CCOC. The number of methoxy groups -OCH3 is 2. The Morgan fingerprint density at radius 3 is 2.25 bits per heavy atom. The average molecular weight is 288 g/mol. The molecule has 0 aliphatic heterocycles. The maximum absolute atomic E-state index is 12.3. The molecule has 0 aromatic rings. The van der Waals surface area contributed by atoms with Gasteiger partial charge in [0, 0.05) is 20.3 Å². The summed E-state index contributed by atoms with van der Waals surface area (Å²) in [4.78, 5) is 25.2. The van der Waals surface area contributed by atoms with Crippen molar-refractivity contribution >= 4 is 11.9 Å². The lowest BCUT2D eigenvalue weighted by atomic mass is 10.0. The van der Waals surface area contributed by atoms with Gasteiger partial charge in [-0.15, -0.1) is 0 Å². The highest BCUT2D eigenvalue weighted by molar-refractivity contribution is 5.85. The first-order valence-corrected chi connectivity index (χ1v) is 7.10. The summed E-state index contributed by atoms with van der Waals surface area (Å²) in [6.45, 7) is 5.04. The lowest BCUT2D eigenvalue weighted by Gasteiger charge is -2.28. The summed E-state index contributed by atoms with van der Waals surface area (Å²) in [5.74, 6) is -0.291. The molecular formula is C14H28N2O4. The Hall–Kier alpha value is -1.14. The molecule has 0 bridgehead atoms. The molecule has 1 atom stereocenters. The van der Waals surface area contributed by atoms with E-state index in [1.807, 2.05) is 0 Å². The zero-order valence-electron chi connectivity index (χ0n) is 13.1. The van der Waals surface area contributed by atoms with Crippen LogP contribution in [0.25, 0.3) is 0 Å². The lowest BCUT2D eigenvalue weighted by molar-refractivity contribution is -0.148. The number of hydrogen-bond donors (Lipinski definition) is 1. The van der Waals surface area contributed by atoms with Crippen molar-refractivity contribution in [1.82, 2.24) is 4.90 Å². The van der Waals surface area contributed by atoms with Crippen LogP contribution in [-0.2, 0) is 19.1 Å². The fourth-order valence-electron chi connectivity index (χ4n) is 1.91. The minimum atomic E-state index is -0.644. The largest absolute Gasteiger partial charge is 0.468 e. The third kappa shape index (κ3) is 6.86. The topological polar surface area (TPSA) is 81.9 Å². The Balaban J connectivity index is 4.72. The Morgan fingerprint density at radius 2 is 1.80 bits per heavy atom. The van der Waals surface area contributed by atoms with Gasteiger partial charge < -0.3 is 20.1 Å². The molecule has 2 N–H and O–H groups in total. The number of amides is 1. The van der Waals surface area contributed by atoms with E-state index < -0.39 is 12.0 Å². The van der Waals surface area contributed by atoms with Gasteiger partial charge in [0.15, 0.2) is 0 Å². The standard InChI is InChI=1S/C14H28N2O4/c1-5-11(6-2)9-16(10-13(17)20-4)14(18)12(15)7-8-19-3/h11-12H,5-10,15H2,1-4H3. The van der Waals surface area contributed by atoms with Crippen molar-refractivity contribution in [3.8, 4) is 0 Å². The highest BCUT2D eigenvalue weighted by Crippen LogP contribution is 2.11. The van der Waals surface area contributed by atoms with Gasteiger partial charge in [-0.3, -0.25) is 9.59 Å². The zero-order valence-corrected chi connectivity index (χ0v) is 13.1. The van der Waals surface area contributed by atoms with E-state index in [0.29, 0.717) is 25.5 Å². The molecular weight excluding hydrogens is 260 g/mol. The van der Waals surface area contributed by atoms with Crippen LogP contribution >= 0.6 is 0 Å². The fourth-order valence-corrected chi connectivity index (χ4v) is 1.91. The molecule has 6 nitrogen and oxygen atoms in total. The maximum Gasteiger partial charge on any atom is 0.325 e. The molecule has 0 fully saturated rings. The molecule has 6 heteroatoms. The van der Waals surface area contributed by atoms with Gasteiger partial charge in [0.25, 0.3) is 0 Å². The van der Waals surface area contributed by atoms with Crippen molar-refractivity contribution < 1.29 is 19.1 Å². The molecule has 1 unspecified atom stereocenters. The van der Waals surface area contributed by atoms with Crippen LogP contribution in [0.5, 0.6) is 0 Å². The molecule has 0 aromatic heterocycles. The molecule has 0 spiro atoms. The van der Waals surface area contributed by atoms with Gasteiger partial charge in [-0.25, -0.2) is 0 Å². The average Bonchev–Trinajstić information content (AvgIpc) is 2.47. The van der Waals surface area contributed by atoms with E-state index in [0.717, 1.165) is 12.8 Å². The van der Waals surface area contributed by atoms with Gasteiger partial charge in [0.1, 0.15) is 6.54 Å². The van der Waals surface area contributed by atoms with Gasteiger partial charge >= 0.3 is 5.97 Å². The van der Waals surface area contributed by atoms with Crippen LogP contribution in [0.1, 0.15) is 33.1 Å². The summed E-state index contributed by atoms with van der Waals surface area (Å²) in [5.41, 5.74) is 5.86. The van der Waals surface area contributed by atoms with Crippen molar-refractivity contribution in [2.45, 2.75) is 39.2 Å². The van der Waals surface area contributed by atoms with Gasteiger partial charge in [0.05, 0.1) is 13.2 Å². The highest BCUT2D eigenvalue weighted by Gasteiger charge is 2.25. The van der Waals surface area contributed by atoms with E-state index in [9.17, 15) is 9.59 Å². The highest BCUT2D eigenvalue weighted by atomic mass is 16.5. The number of carbonyl (C=O) groups is 2. The maximum atomic E-state index is 12.3. The van der Waals surface area contributed by atoms with E-state index in [1.54, 1.807) is 7.11 Å². The molecule has 0 saturated carbocycles. The summed E-state index contributed by atoms with van der Waals surface area (Å²) in [6, 6.07) is -0.644. The third-order valence-electron chi connectivity index (χ3n) is 3.44. The summed E-state index contributed by atoms with van der Waals surface area (Å²) in [5, 5.41) is 0. The Morgan fingerprint density at radius 1 is 1.20 bits per heavy atom. The van der Waals surface area contributed by atoms with Crippen LogP contribution < -0.4 is 5.73 Å². The van der Waals surface area contributed by atoms with Crippen LogP contribution in [-0.4, -0.2) is 56.7 Å². The second-order valence-corrected chi connectivity index (χ2v) is 4.87. The fraction of sp³-hybridized carbons (Fsp3) is 0.857. The number of carbonyl (C=O) groups excluding carboxylic acids is 2. The molecule has 118 valence electrons. The summed E-state index contributed by atoms with van der Waals surface area (Å²) < 4.78 is 9.57. The lowest BCUT2D eigenvalue weighted by Crippen LogP contribution is -2.48. The van der Waals surface area contributed by atoms with Crippen LogP contribution in [0, 0.1) is 5.92 Å². The summed E-state index contributed by atoms with van der Waals surface area (Å²) in [7, 11) is 2.88. The van der Waals surface area contributed by atoms with Gasteiger partial charge in [-0.05, 0) is 12.3 Å². The Bertz CT molecular complexity index is 293. The number of esters is 1. The quantitative estimate of drug-likeness (QED) is 0.601. The normalized spacial score (nSPS) is 12.3. The molecule has 0 aliphatic carbocycles. The summed E-state index contributed by atoms with van der Waals surface area (Å²) in [6.07, 6.45) is 2.35. The minimum Gasteiger partial charge on any atom is -0.468 e. The first kappa shape index (κ1) is 18.9. The number of nitrogens with zero attached hydrogens (tertiary/aromatic N) is 1. The molecule has 0 heterocycles. The van der Waals surface area contributed by atoms with E-state index in [1.165, 1.54) is 12.0 Å². The molecule has 0 saturated heterocycles. The molecule has 0 aromatic carbocycles. The predicted molar refractivity (Wildman–Crippen MR) is 77.1 cm³/mol. The second kappa shape index (κ2) is 10.6. The second-order valence-electron chi connectivity index (χ2n) is 4.87. The van der Waals surface area contributed by atoms with Crippen molar-refractivity contribution in [2.75, 3.05) is 33.9 Å². The number of rotatable bonds is 10. The summed E-state index contributed by atoms with van der Waals surface area (Å²) >= 11 is 0. The first-order valence-electron chi connectivity index (χ1n) is 7.10. The smallest absolute Gasteiger partial charge is 0.325 e. The van der Waals surface area contributed by atoms with E-state index in [2.05, 4.69) is 18.6 Å². The third-order valence-corrected chi connectivity index (χ3v) is 3.44. The van der Waals surface area contributed by atoms with Crippen molar-refractivity contribution in [3.05, 3.63) is 0 Å². The molecule has 0 aliphatic rings. The monoisotopic (exact) mass is 288 g/mol. The predicted octanol–water partition coefficient (Wildman–Crippen LogP) is 0.788. The first-order chi connectivity index (χ1) is 9.49. The van der Waals surface area contributed by atoms with E-state index >= 15 is 0 Å². The Labute approximate surface area is 121 Å². The molecule has 0 rings (SSSR count).